The zero-order valence-corrected chi connectivity index (χ0v) is 21.5. The number of hydrogen-bond donors (Lipinski definition) is 1. The van der Waals surface area contributed by atoms with E-state index in [9.17, 15) is 13.2 Å². The summed E-state index contributed by atoms with van der Waals surface area (Å²) in [6, 6.07) is 11.2. The number of nitrogens with one attached hydrogen (secondary N) is 1. The number of likely N-dealkylation sites (tertiary alicyclic amines) is 1. The summed E-state index contributed by atoms with van der Waals surface area (Å²) in [5.41, 5.74) is 1.24. The van der Waals surface area contributed by atoms with Crippen molar-refractivity contribution in [2.45, 2.75) is 43.9 Å². The van der Waals surface area contributed by atoms with Crippen LogP contribution in [-0.4, -0.2) is 59.1 Å². The molecule has 3 rings (SSSR count). The van der Waals surface area contributed by atoms with Gasteiger partial charge in [0.05, 0.1) is 22.7 Å². The van der Waals surface area contributed by atoms with Gasteiger partial charge in [0.15, 0.2) is 0 Å². The Morgan fingerprint density at radius 2 is 1.76 bits per heavy atom. The topological polar surface area (TPSA) is 79.0 Å². The zero-order valence-electron chi connectivity index (χ0n) is 19.9. The summed E-state index contributed by atoms with van der Waals surface area (Å²) in [7, 11) is -2.50. The van der Waals surface area contributed by atoms with Crippen LogP contribution in [0.5, 0.6) is 5.75 Å². The van der Waals surface area contributed by atoms with E-state index in [0.29, 0.717) is 18.0 Å². The first-order chi connectivity index (χ1) is 16.3. The SMILES string of the molecule is COc1ccc(N(CC(=O)NCCCN2CCCCCC2)S(=O)(=O)c2ccc(C)cc2)cc1Cl. The van der Waals surface area contributed by atoms with Gasteiger partial charge in [0.1, 0.15) is 12.3 Å². The van der Waals surface area contributed by atoms with Gasteiger partial charge >= 0.3 is 0 Å². The second-order valence-electron chi connectivity index (χ2n) is 8.60. The monoisotopic (exact) mass is 507 g/mol. The number of hydrogen-bond acceptors (Lipinski definition) is 5. The van der Waals surface area contributed by atoms with E-state index in [2.05, 4.69) is 10.2 Å². The van der Waals surface area contributed by atoms with Gasteiger partial charge < -0.3 is 15.0 Å². The lowest BCUT2D eigenvalue weighted by Crippen LogP contribution is -2.41. The van der Waals surface area contributed by atoms with E-state index in [4.69, 9.17) is 16.3 Å². The fourth-order valence-corrected chi connectivity index (χ4v) is 5.70. The first-order valence-electron chi connectivity index (χ1n) is 11.7. The Balaban J connectivity index is 1.71. The van der Waals surface area contributed by atoms with Crippen molar-refractivity contribution in [1.29, 1.82) is 0 Å². The van der Waals surface area contributed by atoms with Crippen molar-refractivity contribution < 1.29 is 17.9 Å². The van der Waals surface area contributed by atoms with Crippen LogP contribution in [0, 0.1) is 6.92 Å². The highest BCUT2D eigenvalue weighted by Crippen LogP contribution is 2.32. The van der Waals surface area contributed by atoms with Gasteiger partial charge in [0.2, 0.25) is 5.91 Å². The van der Waals surface area contributed by atoms with E-state index in [1.165, 1.54) is 38.9 Å². The quantitative estimate of drug-likeness (QED) is 0.487. The number of anilines is 1. The van der Waals surface area contributed by atoms with Crippen LogP contribution in [0.2, 0.25) is 5.02 Å². The van der Waals surface area contributed by atoms with Crippen LogP contribution in [0.25, 0.3) is 0 Å². The highest BCUT2D eigenvalue weighted by Gasteiger charge is 2.27. The average molecular weight is 508 g/mol. The molecule has 1 amide bonds. The maximum absolute atomic E-state index is 13.5. The standard InChI is InChI=1S/C25H34ClN3O4S/c1-20-8-11-22(12-9-20)34(31,32)29(21-10-13-24(33-2)23(26)18-21)19-25(30)27-14-7-17-28-15-5-3-4-6-16-28/h8-13,18H,3-7,14-17,19H2,1-2H3,(H,27,30). The third-order valence-electron chi connectivity index (χ3n) is 5.99. The molecule has 186 valence electrons. The van der Waals surface area contributed by atoms with E-state index in [1.54, 1.807) is 36.4 Å². The van der Waals surface area contributed by atoms with Gasteiger partial charge in [-0.05, 0) is 76.2 Å². The van der Waals surface area contributed by atoms with Crippen LogP contribution in [0.1, 0.15) is 37.7 Å². The lowest BCUT2D eigenvalue weighted by atomic mass is 10.2. The van der Waals surface area contributed by atoms with Crippen molar-refractivity contribution in [2.24, 2.45) is 0 Å². The molecule has 7 nitrogen and oxygen atoms in total. The molecule has 1 aliphatic rings. The number of sulfonamides is 1. The molecule has 0 spiro atoms. The van der Waals surface area contributed by atoms with Crippen LogP contribution in [0.3, 0.4) is 0 Å². The summed E-state index contributed by atoms with van der Waals surface area (Å²) >= 11 is 6.26. The number of carbonyl (C=O) groups is 1. The first-order valence-corrected chi connectivity index (χ1v) is 13.5. The summed E-state index contributed by atoms with van der Waals surface area (Å²) in [5.74, 6) is 0.0644. The molecule has 1 aliphatic heterocycles. The van der Waals surface area contributed by atoms with Crippen molar-refractivity contribution in [3.05, 3.63) is 53.1 Å². The van der Waals surface area contributed by atoms with E-state index < -0.39 is 10.0 Å². The van der Waals surface area contributed by atoms with E-state index in [1.807, 2.05) is 6.92 Å². The van der Waals surface area contributed by atoms with Crippen molar-refractivity contribution in [3.8, 4) is 5.75 Å². The Hall–Kier alpha value is -2.29. The molecular formula is C25H34ClN3O4S. The van der Waals surface area contributed by atoms with Gasteiger partial charge in [0.25, 0.3) is 10.0 Å². The maximum atomic E-state index is 13.5. The summed E-state index contributed by atoms with van der Waals surface area (Å²) < 4.78 is 33.2. The van der Waals surface area contributed by atoms with E-state index >= 15 is 0 Å². The number of benzene rings is 2. The Labute approximate surface area is 208 Å². The van der Waals surface area contributed by atoms with Gasteiger partial charge in [-0.2, -0.15) is 0 Å². The fourth-order valence-electron chi connectivity index (χ4n) is 4.04. The predicted molar refractivity (Wildman–Crippen MR) is 136 cm³/mol. The van der Waals surface area contributed by atoms with E-state index in [-0.39, 0.29) is 22.4 Å². The molecule has 0 bridgehead atoms. The van der Waals surface area contributed by atoms with Crippen LogP contribution in [0.4, 0.5) is 5.69 Å². The number of amides is 1. The maximum Gasteiger partial charge on any atom is 0.264 e. The Morgan fingerprint density at radius 3 is 2.38 bits per heavy atom. The van der Waals surface area contributed by atoms with Crippen molar-refractivity contribution in [3.63, 3.8) is 0 Å². The van der Waals surface area contributed by atoms with Crippen molar-refractivity contribution >= 4 is 33.2 Å². The Kier molecular flexibility index (Phi) is 9.62. The Morgan fingerprint density at radius 1 is 1.09 bits per heavy atom. The molecule has 0 aromatic heterocycles. The molecule has 1 N–H and O–H groups in total. The summed E-state index contributed by atoms with van der Waals surface area (Å²) in [6.45, 7) is 5.18. The minimum absolute atomic E-state index is 0.110. The molecule has 0 radical (unpaired) electrons. The van der Waals surface area contributed by atoms with Crippen molar-refractivity contribution in [1.82, 2.24) is 10.2 Å². The summed E-state index contributed by atoms with van der Waals surface area (Å²) in [6.07, 6.45) is 5.85. The highest BCUT2D eigenvalue weighted by molar-refractivity contribution is 7.92. The Bertz CT molecular complexity index is 1050. The fraction of sp³-hybridized carbons (Fsp3) is 0.480. The van der Waals surface area contributed by atoms with E-state index in [0.717, 1.165) is 35.9 Å². The van der Waals surface area contributed by atoms with Gasteiger partial charge in [0, 0.05) is 6.54 Å². The van der Waals surface area contributed by atoms with Crippen LogP contribution >= 0.6 is 11.6 Å². The molecule has 0 aliphatic carbocycles. The highest BCUT2D eigenvalue weighted by atomic mass is 35.5. The lowest BCUT2D eigenvalue weighted by Gasteiger charge is -2.25. The zero-order chi connectivity index (χ0) is 24.6. The second-order valence-corrected chi connectivity index (χ2v) is 10.9. The van der Waals surface area contributed by atoms with Crippen LogP contribution in [0.15, 0.2) is 47.4 Å². The molecule has 9 heteroatoms. The molecule has 1 saturated heterocycles. The van der Waals surface area contributed by atoms with Gasteiger partial charge in [-0.15, -0.1) is 0 Å². The third-order valence-corrected chi connectivity index (χ3v) is 8.07. The molecule has 0 saturated carbocycles. The number of aryl methyl sites for hydroxylation is 1. The summed E-state index contributed by atoms with van der Waals surface area (Å²) in [4.78, 5) is 15.3. The predicted octanol–water partition coefficient (Wildman–Crippen LogP) is 4.23. The molecule has 0 unspecified atom stereocenters. The molecule has 0 atom stereocenters. The molecule has 2 aromatic rings. The molecule has 34 heavy (non-hydrogen) atoms. The van der Waals surface area contributed by atoms with Gasteiger partial charge in [-0.3, -0.25) is 9.10 Å². The average Bonchev–Trinajstić information content (AvgIpc) is 3.09. The molecule has 2 aromatic carbocycles. The lowest BCUT2D eigenvalue weighted by molar-refractivity contribution is -0.119. The number of nitrogens with zero attached hydrogens (tertiary/aromatic N) is 2. The molecule has 1 fully saturated rings. The van der Waals surface area contributed by atoms with Crippen LogP contribution in [-0.2, 0) is 14.8 Å². The smallest absolute Gasteiger partial charge is 0.264 e. The second kappa shape index (κ2) is 12.4. The first kappa shape index (κ1) is 26.3. The number of halogens is 1. The molecule has 1 heterocycles. The number of ether oxygens (including phenoxy) is 1. The van der Waals surface area contributed by atoms with Gasteiger partial charge in [-0.25, -0.2) is 8.42 Å². The molecular weight excluding hydrogens is 474 g/mol. The normalized spacial score (nSPS) is 14.9. The third kappa shape index (κ3) is 7.10. The number of carbonyl (C=O) groups excluding carboxylic acids is 1. The largest absolute Gasteiger partial charge is 0.495 e. The summed E-state index contributed by atoms with van der Waals surface area (Å²) in [5, 5.41) is 3.14. The number of methoxy groups -OCH3 is 1. The van der Waals surface area contributed by atoms with Crippen LogP contribution < -0.4 is 14.4 Å². The van der Waals surface area contributed by atoms with Gasteiger partial charge in [-0.1, -0.05) is 42.1 Å². The minimum Gasteiger partial charge on any atom is -0.495 e. The number of rotatable bonds is 10. The van der Waals surface area contributed by atoms with Crippen molar-refractivity contribution in [2.75, 3.05) is 44.1 Å². The minimum atomic E-state index is -3.99.